The first kappa shape index (κ1) is 15.0. The molecule has 2 aromatic rings. The van der Waals surface area contributed by atoms with E-state index >= 15 is 0 Å². The molecule has 0 saturated heterocycles. The largest absolute Gasteiger partial charge is 0.448 e. The lowest BCUT2D eigenvalue weighted by Gasteiger charge is -2.19. The number of hydrogen-bond acceptors (Lipinski definition) is 3. The molecular formula is C14H15OPS3. The monoisotopic (exact) mass is 326 g/mol. The normalized spacial score (nSPS) is 13.8. The number of rotatable bonds is 4. The van der Waals surface area contributed by atoms with Crippen LogP contribution in [0.25, 0.3) is 0 Å². The Bertz CT molecular complexity index is 576. The van der Waals surface area contributed by atoms with Crippen LogP contribution in [0.15, 0.2) is 53.4 Å². The van der Waals surface area contributed by atoms with Crippen molar-refractivity contribution >= 4 is 40.1 Å². The molecule has 0 aliphatic carbocycles. The Morgan fingerprint density at radius 1 is 1.00 bits per heavy atom. The van der Waals surface area contributed by atoms with E-state index in [0.29, 0.717) is 0 Å². The first-order valence-corrected chi connectivity index (χ1v) is 11.1. The molecule has 0 heterocycles. The van der Waals surface area contributed by atoms with Gasteiger partial charge in [-0.15, -0.1) is 0 Å². The van der Waals surface area contributed by atoms with Gasteiger partial charge in [0.1, 0.15) is 5.75 Å². The van der Waals surface area contributed by atoms with Crippen molar-refractivity contribution in [3.05, 3.63) is 59.7 Å². The molecule has 0 aliphatic rings. The molecule has 1 unspecified atom stereocenters. The summed E-state index contributed by atoms with van der Waals surface area (Å²) in [6, 6.07) is 16.0. The highest BCUT2D eigenvalue weighted by Gasteiger charge is 2.18. The lowest BCUT2D eigenvalue weighted by Crippen LogP contribution is -1.87. The van der Waals surface area contributed by atoms with E-state index in [1.165, 1.54) is 5.56 Å². The van der Waals surface area contributed by atoms with E-state index < -0.39 is 4.67 Å². The van der Waals surface area contributed by atoms with Crippen LogP contribution in [-0.2, 0) is 11.8 Å². The van der Waals surface area contributed by atoms with E-state index in [4.69, 9.17) is 16.3 Å². The Morgan fingerprint density at radius 2 is 1.58 bits per heavy atom. The molecule has 2 aromatic carbocycles. The van der Waals surface area contributed by atoms with E-state index in [2.05, 4.69) is 31.3 Å². The first-order chi connectivity index (χ1) is 8.98. The molecular weight excluding hydrogens is 311 g/mol. The predicted molar refractivity (Wildman–Crippen MR) is 92.1 cm³/mol. The SMILES string of the molecule is Cc1ccccc1OP(=S)(S)Sc1ccccc1C. The van der Waals surface area contributed by atoms with Crippen LogP contribution in [-0.4, -0.2) is 0 Å². The summed E-state index contributed by atoms with van der Waals surface area (Å²) in [5.74, 6) is 0.821. The van der Waals surface area contributed by atoms with Gasteiger partial charge in [-0.1, -0.05) is 48.6 Å². The number of thiol groups is 1. The van der Waals surface area contributed by atoms with Gasteiger partial charge in [-0.2, -0.15) is 0 Å². The maximum absolute atomic E-state index is 5.94. The van der Waals surface area contributed by atoms with Gasteiger partial charge in [0.2, 0.25) is 4.67 Å². The number of benzene rings is 2. The fraction of sp³-hybridized carbons (Fsp3) is 0.143. The van der Waals surface area contributed by atoms with Gasteiger partial charge in [0, 0.05) is 4.90 Å². The number of aryl methyl sites for hydroxylation is 2. The van der Waals surface area contributed by atoms with Crippen molar-refractivity contribution in [2.45, 2.75) is 18.7 Å². The Hall–Kier alpha value is -0.410. The molecule has 0 bridgehead atoms. The third kappa shape index (κ3) is 4.28. The molecule has 0 spiro atoms. The topological polar surface area (TPSA) is 9.23 Å². The van der Waals surface area contributed by atoms with Gasteiger partial charge >= 0.3 is 0 Å². The van der Waals surface area contributed by atoms with Crippen molar-refractivity contribution in [3.8, 4) is 5.75 Å². The summed E-state index contributed by atoms with van der Waals surface area (Å²) in [5, 5.41) is 0. The van der Waals surface area contributed by atoms with Gasteiger partial charge in [-0.3, -0.25) is 0 Å². The van der Waals surface area contributed by atoms with Crippen LogP contribution < -0.4 is 4.52 Å². The zero-order chi connectivity index (χ0) is 13.9. The standard InChI is InChI=1S/C14H15OPS3/c1-11-7-3-5-9-13(11)15-16(17,18)19-14-10-6-4-8-12(14)2/h3-10H,1-2H3,(H,17,18). The second kappa shape index (κ2) is 6.36. The molecule has 0 N–H and O–H groups in total. The van der Waals surface area contributed by atoms with Crippen molar-refractivity contribution < 1.29 is 4.52 Å². The van der Waals surface area contributed by atoms with Crippen LogP contribution in [0.1, 0.15) is 11.1 Å². The fourth-order valence-electron chi connectivity index (χ4n) is 1.58. The summed E-state index contributed by atoms with van der Waals surface area (Å²) in [4.78, 5) is 1.13. The van der Waals surface area contributed by atoms with Crippen molar-refractivity contribution in [1.29, 1.82) is 0 Å². The molecule has 0 aromatic heterocycles. The smallest absolute Gasteiger partial charge is 0.224 e. The van der Waals surface area contributed by atoms with Crippen LogP contribution in [0.4, 0.5) is 0 Å². The molecule has 0 amide bonds. The van der Waals surface area contributed by atoms with E-state index in [1.807, 2.05) is 43.3 Å². The van der Waals surface area contributed by atoms with E-state index in [-0.39, 0.29) is 0 Å². The molecule has 19 heavy (non-hydrogen) atoms. The van der Waals surface area contributed by atoms with Gasteiger partial charge in [0.05, 0.1) is 0 Å². The van der Waals surface area contributed by atoms with Crippen LogP contribution in [0.2, 0.25) is 0 Å². The van der Waals surface area contributed by atoms with Gasteiger partial charge < -0.3 is 4.52 Å². The molecule has 1 atom stereocenters. The summed E-state index contributed by atoms with van der Waals surface area (Å²) in [7, 11) is 0. The minimum Gasteiger partial charge on any atom is -0.448 e. The molecule has 100 valence electrons. The number of hydrogen-bond donors (Lipinski definition) is 1. The van der Waals surface area contributed by atoms with Crippen LogP contribution in [0, 0.1) is 13.8 Å². The Kier molecular flexibility index (Phi) is 5.02. The summed E-state index contributed by atoms with van der Waals surface area (Å²) in [5.41, 5.74) is 2.28. The zero-order valence-corrected chi connectivity index (χ0v) is 14.2. The number of para-hydroxylation sites is 1. The highest BCUT2D eigenvalue weighted by atomic mass is 33.2. The molecule has 2 rings (SSSR count). The Morgan fingerprint density at radius 3 is 2.21 bits per heavy atom. The van der Waals surface area contributed by atoms with Crippen LogP contribution >= 0.6 is 28.3 Å². The van der Waals surface area contributed by atoms with Crippen LogP contribution in [0.3, 0.4) is 0 Å². The summed E-state index contributed by atoms with van der Waals surface area (Å²) >= 11 is 11.7. The van der Waals surface area contributed by atoms with Crippen molar-refractivity contribution in [3.63, 3.8) is 0 Å². The minimum absolute atomic E-state index is 0.821. The average molecular weight is 326 g/mol. The predicted octanol–water partition coefficient (Wildman–Crippen LogP) is 5.63. The maximum atomic E-state index is 5.94. The van der Waals surface area contributed by atoms with Crippen molar-refractivity contribution in [2.24, 2.45) is 0 Å². The molecule has 5 heteroatoms. The van der Waals surface area contributed by atoms with E-state index in [9.17, 15) is 0 Å². The van der Waals surface area contributed by atoms with Crippen LogP contribution in [0.5, 0.6) is 5.75 Å². The lowest BCUT2D eigenvalue weighted by atomic mass is 10.2. The third-order valence-corrected chi connectivity index (χ3v) is 7.31. The summed E-state index contributed by atoms with van der Waals surface area (Å²) < 4.78 is 3.70. The summed E-state index contributed by atoms with van der Waals surface area (Å²) in [6.45, 7) is 4.08. The van der Waals surface area contributed by atoms with E-state index in [0.717, 1.165) is 16.2 Å². The second-order valence-corrected chi connectivity index (χ2v) is 13.6. The first-order valence-electron chi connectivity index (χ1n) is 5.81. The second-order valence-electron chi connectivity index (χ2n) is 4.18. The van der Waals surface area contributed by atoms with Crippen molar-refractivity contribution in [1.82, 2.24) is 0 Å². The minimum atomic E-state index is -2.25. The molecule has 0 aliphatic heterocycles. The molecule has 0 saturated carbocycles. The molecule has 0 radical (unpaired) electrons. The molecule has 0 fully saturated rings. The third-order valence-electron chi connectivity index (χ3n) is 2.61. The molecule has 1 nitrogen and oxygen atoms in total. The highest BCUT2D eigenvalue weighted by Crippen LogP contribution is 2.66. The lowest BCUT2D eigenvalue weighted by molar-refractivity contribution is 0.631. The van der Waals surface area contributed by atoms with Gasteiger partial charge in [-0.05, 0) is 60.3 Å². The van der Waals surface area contributed by atoms with Gasteiger partial charge in [0.15, 0.2) is 0 Å². The Balaban J connectivity index is 2.18. The maximum Gasteiger partial charge on any atom is 0.224 e. The quantitative estimate of drug-likeness (QED) is 0.576. The average Bonchev–Trinajstić information content (AvgIpc) is 2.35. The van der Waals surface area contributed by atoms with Gasteiger partial charge in [-0.25, -0.2) is 0 Å². The Labute approximate surface area is 128 Å². The van der Waals surface area contributed by atoms with Crippen molar-refractivity contribution in [2.75, 3.05) is 0 Å². The summed E-state index contributed by atoms with van der Waals surface area (Å²) in [6.07, 6.45) is 0. The fourth-order valence-corrected chi connectivity index (χ4v) is 6.41. The van der Waals surface area contributed by atoms with E-state index in [1.54, 1.807) is 11.4 Å². The van der Waals surface area contributed by atoms with Gasteiger partial charge in [0.25, 0.3) is 0 Å². The zero-order valence-electron chi connectivity index (χ0n) is 10.7. The highest BCUT2D eigenvalue weighted by molar-refractivity contribution is 8.95.